The third-order valence-electron chi connectivity index (χ3n) is 4.21. The van der Waals surface area contributed by atoms with Crippen molar-refractivity contribution in [3.05, 3.63) is 65.0 Å². The molecule has 0 bridgehead atoms. The van der Waals surface area contributed by atoms with Gasteiger partial charge in [0, 0.05) is 29.6 Å². The molecule has 0 spiro atoms. The Labute approximate surface area is 145 Å². The van der Waals surface area contributed by atoms with Crippen molar-refractivity contribution in [2.24, 2.45) is 0 Å². The number of aromatic nitrogens is 1. The highest BCUT2D eigenvalue weighted by Gasteiger charge is 2.21. The Morgan fingerprint density at radius 1 is 1.28 bits per heavy atom. The molecular weight excluding hydrogens is 322 g/mol. The molecule has 1 unspecified atom stereocenters. The molecule has 1 aromatic heterocycles. The molecule has 7 nitrogen and oxygen atoms in total. The monoisotopic (exact) mass is 341 g/mol. The second-order valence-electron chi connectivity index (χ2n) is 5.95. The van der Waals surface area contributed by atoms with Gasteiger partial charge in [-0.3, -0.25) is 15.0 Å². The number of aryl methyl sites for hydroxylation is 1. The smallest absolute Gasteiger partial charge is 0.407 e. The third-order valence-corrected chi connectivity index (χ3v) is 4.21. The lowest BCUT2D eigenvalue weighted by atomic mass is 9.87. The molecule has 3 N–H and O–H groups in total. The van der Waals surface area contributed by atoms with Gasteiger partial charge in [0.25, 0.3) is 5.91 Å². The van der Waals surface area contributed by atoms with Gasteiger partial charge in [-0.05, 0) is 48.6 Å². The maximum atomic E-state index is 12.0. The Hall–Kier alpha value is -2.93. The number of hydrogen-bond donors (Lipinski definition) is 3. The highest BCUT2D eigenvalue weighted by atomic mass is 16.5. The Bertz CT molecular complexity index is 764. The molecule has 7 heteroatoms. The SMILES string of the molecule is O=C(NC1CCc2ccc(C(=O)NO)cc2C1)OCc1cccnc1. The van der Waals surface area contributed by atoms with E-state index in [1.807, 2.05) is 12.1 Å². The highest BCUT2D eigenvalue weighted by molar-refractivity contribution is 5.93. The Balaban J connectivity index is 1.56. The van der Waals surface area contributed by atoms with Crippen molar-refractivity contribution in [1.82, 2.24) is 15.8 Å². The quantitative estimate of drug-likeness (QED) is 0.583. The van der Waals surface area contributed by atoms with E-state index in [-0.39, 0.29) is 12.6 Å². The first-order valence-corrected chi connectivity index (χ1v) is 8.04. The fourth-order valence-corrected chi connectivity index (χ4v) is 2.93. The van der Waals surface area contributed by atoms with Gasteiger partial charge in [0.2, 0.25) is 0 Å². The van der Waals surface area contributed by atoms with E-state index in [9.17, 15) is 9.59 Å². The standard InChI is InChI=1S/C18H19N3O4/c22-17(21-24)14-4-3-13-5-6-16(9-15(13)8-14)20-18(23)25-11-12-2-1-7-19-10-12/h1-4,7-8,10,16,24H,5-6,9,11H2,(H,20,23)(H,21,22). The number of nitrogens with zero attached hydrogens (tertiary/aromatic N) is 1. The summed E-state index contributed by atoms with van der Waals surface area (Å²) >= 11 is 0. The van der Waals surface area contributed by atoms with E-state index in [0.717, 1.165) is 29.5 Å². The van der Waals surface area contributed by atoms with Gasteiger partial charge in [-0.1, -0.05) is 12.1 Å². The summed E-state index contributed by atoms with van der Waals surface area (Å²) in [4.78, 5) is 27.5. The summed E-state index contributed by atoms with van der Waals surface area (Å²) < 4.78 is 5.21. The van der Waals surface area contributed by atoms with Crippen molar-refractivity contribution in [3.63, 3.8) is 0 Å². The van der Waals surface area contributed by atoms with Crippen molar-refractivity contribution in [1.29, 1.82) is 0 Å². The minimum absolute atomic E-state index is 0.0543. The number of pyridine rings is 1. The number of ether oxygens (including phenoxy) is 1. The minimum atomic E-state index is -0.547. The fourth-order valence-electron chi connectivity index (χ4n) is 2.93. The molecule has 0 saturated carbocycles. The Morgan fingerprint density at radius 2 is 2.16 bits per heavy atom. The number of amides is 2. The van der Waals surface area contributed by atoms with Gasteiger partial charge in [0.1, 0.15) is 6.61 Å². The number of carbonyl (C=O) groups is 2. The van der Waals surface area contributed by atoms with Crippen molar-refractivity contribution in [3.8, 4) is 0 Å². The number of hydroxylamine groups is 1. The van der Waals surface area contributed by atoms with Crippen molar-refractivity contribution >= 4 is 12.0 Å². The highest BCUT2D eigenvalue weighted by Crippen LogP contribution is 2.23. The lowest BCUT2D eigenvalue weighted by molar-refractivity contribution is 0.0706. The second-order valence-corrected chi connectivity index (χ2v) is 5.95. The van der Waals surface area contributed by atoms with Crippen LogP contribution in [0.1, 0.15) is 33.5 Å². The number of alkyl carbamates (subject to hydrolysis) is 1. The van der Waals surface area contributed by atoms with Gasteiger partial charge >= 0.3 is 6.09 Å². The van der Waals surface area contributed by atoms with E-state index >= 15 is 0 Å². The van der Waals surface area contributed by atoms with Crippen LogP contribution >= 0.6 is 0 Å². The van der Waals surface area contributed by atoms with Crippen molar-refractivity contribution < 1.29 is 19.5 Å². The van der Waals surface area contributed by atoms with Crippen LogP contribution in [0.15, 0.2) is 42.7 Å². The molecule has 0 aliphatic heterocycles. The van der Waals surface area contributed by atoms with Crippen LogP contribution in [0.25, 0.3) is 0 Å². The molecule has 25 heavy (non-hydrogen) atoms. The van der Waals surface area contributed by atoms with E-state index in [1.54, 1.807) is 36.1 Å². The maximum absolute atomic E-state index is 12.0. The summed E-state index contributed by atoms with van der Waals surface area (Å²) in [5, 5.41) is 11.6. The zero-order valence-electron chi connectivity index (χ0n) is 13.6. The second kappa shape index (κ2) is 7.76. The van der Waals surface area contributed by atoms with Gasteiger partial charge in [0.15, 0.2) is 0 Å². The van der Waals surface area contributed by atoms with Crippen LogP contribution in [0, 0.1) is 0 Å². The molecule has 0 saturated heterocycles. The number of carbonyl (C=O) groups excluding carboxylic acids is 2. The molecule has 1 aliphatic carbocycles. The lowest BCUT2D eigenvalue weighted by Crippen LogP contribution is -2.39. The van der Waals surface area contributed by atoms with Gasteiger partial charge < -0.3 is 10.1 Å². The molecule has 1 aliphatic rings. The van der Waals surface area contributed by atoms with Gasteiger partial charge in [-0.2, -0.15) is 0 Å². The normalized spacial score (nSPS) is 15.8. The van der Waals surface area contributed by atoms with Crippen LogP contribution in [0.5, 0.6) is 0 Å². The first-order chi connectivity index (χ1) is 12.2. The van der Waals surface area contributed by atoms with Crippen LogP contribution < -0.4 is 10.8 Å². The molecule has 3 rings (SSSR count). The predicted octanol–water partition coefficient (Wildman–Crippen LogP) is 1.98. The average Bonchev–Trinajstić information content (AvgIpc) is 2.66. The number of benzene rings is 1. The zero-order chi connectivity index (χ0) is 17.6. The molecule has 1 atom stereocenters. The zero-order valence-corrected chi connectivity index (χ0v) is 13.6. The fraction of sp³-hybridized carbons (Fsp3) is 0.278. The number of hydrogen-bond acceptors (Lipinski definition) is 5. The summed E-state index contributed by atoms with van der Waals surface area (Å²) in [5.74, 6) is -0.547. The van der Waals surface area contributed by atoms with Crippen LogP contribution in [0.3, 0.4) is 0 Å². The van der Waals surface area contributed by atoms with Gasteiger partial charge in [-0.15, -0.1) is 0 Å². The summed E-state index contributed by atoms with van der Waals surface area (Å²) in [6.45, 7) is 0.170. The average molecular weight is 341 g/mol. The topological polar surface area (TPSA) is 101 Å². The van der Waals surface area contributed by atoms with Crippen molar-refractivity contribution in [2.45, 2.75) is 31.9 Å². The summed E-state index contributed by atoms with van der Waals surface area (Å²) in [7, 11) is 0. The van der Waals surface area contributed by atoms with Crippen LogP contribution in [-0.4, -0.2) is 28.2 Å². The first kappa shape index (κ1) is 16.9. The molecule has 1 aromatic carbocycles. The molecule has 0 radical (unpaired) electrons. The molecule has 2 amide bonds. The summed E-state index contributed by atoms with van der Waals surface area (Å²) in [6, 6.07) is 8.88. The van der Waals surface area contributed by atoms with Gasteiger partial charge in [-0.25, -0.2) is 10.3 Å². The van der Waals surface area contributed by atoms with Crippen LogP contribution in [-0.2, 0) is 24.2 Å². The molecule has 1 heterocycles. The Kier molecular flexibility index (Phi) is 5.25. The van der Waals surface area contributed by atoms with E-state index < -0.39 is 12.0 Å². The Morgan fingerprint density at radius 3 is 2.92 bits per heavy atom. The third kappa shape index (κ3) is 4.33. The molecule has 0 fully saturated rings. The van der Waals surface area contributed by atoms with Crippen LogP contribution in [0.4, 0.5) is 4.79 Å². The number of rotatable bonds is 4. The van der Waals surface area contributed by atoms with E-state index in [0.29, 0.717) is 12.0 Å². The van der Waals surface area contributed by atoms with Gasteiger partial charge in [0.05, 0.1) is 0 Å². The van der Waals surface area contributed by atoms with E-state index in [2.05, 4.69) is 10.3 Å². The molecule has 2 aromatic rings. The maximum Gasteiger partial charge on any atom is 0.407 e. The molecule has 130 valence electrons. The molecular formula is C18H19N3O4. The minimum Gasteiger partial charge on any atom is -0.445 e. The van der Waals surface area contributed by atoms with Crippen molar-refractivity contribution in [2.75, 3.05) is 0 Å². The summed E-state index contributed by atoms with van der Waals surface area (Å²) in [6.07, 6.45) is 5.07. The van der Waals surface area contributed by atoms with Crippen LogP contribution in [0.2, 0.25) is 0 Å². The van der Waals surface area contributed by atoms with E-state index in [4.69, 9.17) is 9.94 Å². The van der Waals surface area contributed by atoms with E-state index in [1.165, 1.54) is 0 Å². The largest absolute Gasteiger partial charge is 0.445 e. The first-order valence-electron chi connectivity index (χ1n) is 8.04. The lowest BCUT2D eigenvalue weighted by Gasteiger charge is -2.25. The summed E-state index contributed by atoms with van der Waals surface area (Å²) in [5.41, 5.74) is 4.99. The number of fused-ring (bicyclic) bond motifs is 1. The predicted molar refractivity (Wildman–Crippen MR) is 89.1 cm³/mol. The number of nitrogens with one attached hydrogen (secondary N) is 2.